The Morgan fingerprint density at radius 1 is 1.54 bits per heavy atom. The number of rotatable bonds is 6. The molecule has 0 saturated carbocycles. The molecule has 0 bridgehead atoms. The SMILES string of the molecule is CNCCC(=O)NC(C)CS(C)=O. The summed E-state index contributed by atoms with van der Waals surface area (Å²) in [5.74, 6) is 0.526. The molecule has 2 unspecified atom stereocenters. The van der Waals surface area contributed by atoms with Crippen LogP contribution in [0, 0.1) is 0 Å². The van der Waals surface area contributed by atoms with Gasteiger partial charge in [-0.3, -0.25) is 9.00 Å². The molecule has 0 spiro atoms. The summed E-state index contributed by atoms with van der Waals surface area (Å²) in [5, 5.41) is 5.67. The fourth-order valence-corrected chi connectivity index (χ4v) is 1.77. The smallest absolute Gasteiger partial charge is 0.221 e. The van der Waals surface area contributed by atoms with E-state index in [0.717, 1.165) is 0 Å². The number of carbonyl (C=O) groups is 1. The number of amides is 1. The Balaban J connectivity index is 3.59. The summed E-state index contributed by atoms with van der Waals surface area (Å²) >= 11 is 0. The molecule has 1 amide bonds. The van der Waals surface area contributed by atoms with Crippen molar-refractivity contribution in [3.63, 3.8) is 0 Å². The fourth-order valence-electron chi connectivity index (χ4n) is 0.979. The first-order chi connectivity index (χ1) is 6.06. The molecule has 2 atom stereocenters. The summed E-state index contributed by atoms with van der Waals surface area (Å²) in [5.41, 5.74) is 0. The van der Waals surface area contributed by atoms with Crippen LogP contribution in [0.2, 0.25) is 0 Å². The molecule has 5 heteroatoms. The highest BCUT2D eigenvalue weighted by Crippen LogP contribution is 1.87. The molecule has 2 N–H and O–H groups in total. The van der Waals surface area contributed by atoms with Gasteiger partial charge in [0.2, 0.25) is 5.91 Å². The van der Waals surface area contributed by atoms with E-state index in [9.17, 15) is 9.00 Å². The van der Waals surface area contributed by atoms with Crippen LogP contribution in [0.25, 0.3) is 0 Å². The largest absolute Gasteiger partial charge is 0.353 e. The summed E-state index contributed by atoms with van der Waals surface area (Å²) in [6, 6.07) is -0.00445. The highest BCUT2D eigenvalue weighted by Gasteiger charge is 2.07. The lowest BCUT2D eigenvalue weighted by Crippen LogP contribution is -2.37. The molecule has 0 heterocycles. The van der Waals surface area contributed by atoms with Gasteiger partial charge in [-0.05, 0) is 14.0 Å². The van der Waals surface area contributed by atoms with Crippen LogP contribution in [0.5, 0.6) is 0 Å². The van der Waals surface area contributed by atoms with Crippen molar-refractivity contribution in [2.24, 2.45) is 0 Å². The van der Waals surface area contributed by atoms with E-state index >= 15 is 0 Å². The second kappa shape index (κ2) is 7.03. The molecule has 0 aliphatic rings. The second-order valence-electron chi connectivity index (χ2n) is 3.06. The second-order valence-corrected chi connectivity index (χ2v) is 4.54. The summed E-state index contributed by atoms with van der Waals surface area (Å²) in [6.07, 6.45) is 2.10. The van der Waals surface area contributed by atoms with Crippen molar-refractivity contribution in [3.05, 3.63) is 0 Å². The van der Waals surface area contributed by atoms with Crippen LogP contribution in [0.1, 0.15) is 13.3 Å². The first-order valence-electron chi connectivity index (χ1n) is 4.30. The maximum absolute atomic E-state index is 11.1. The van der Waals surface area contributed by atoms with Gasteiger partial charge in [-0.2, -0.15) is 0 Å². The van der Waals surface area contributed by atoms with Crippen LogP contribution in [0.15, 0.2) is 0 Å². The molecule has 13 heavy (non-hydrogen) atoms. The molecule has 0 aromatic heterocycles. The topological polar surface area (TPSA) is 58.2 Å². The summed E-state index contributed by atoms with van der Waals surface area (Å²) in [6.45, 7) is 2.53. The van der Waals surface area contributed by atoms with E-state index in [4.69, 9.17) is 0 Å². The van der Waals surface area contributed by atoms with Crippen molar-refractivity contribution in [1.82, 2.24) is 10.6 Å². The molecular weight excluding hydrogens is 188 g/mol. The van der Waals surface area contributed by atoms with E-state index in [1.165, 1.54) is 0 Å². The summed E-state index contributed by atoms with van der Waals surface area (Å²) in [4.78, 5) is 11.1. The van der Waals surface area contributed by atoms with Crippen molar-refractivity contribution < 1.29 is 9.00 Å². The highest BCUT2D eigenvalue weighted by atomic mass is 32.2. The first kappa shape index (κ1) is 12.6. The molecule has 0 radical (unpaired) electrons. The third-order valence-corrected chi connectivity index (χ3v) is 2.46. The van der Waals surface area contributed by atoms with Gasteiger partial charge in [0.05, 0.1) is 0 Å². The first-order valence-corrected chi connectivity index (χ1v) is 6.03. The van der Waals surface area contributed by atoms with Gasteiger partial charge in [-0.1, -0.05) is 0 Å². The molecule has 0 fully saturated rings. The number of carbonyl (C=O) groups excluding carboxylic acids is 1. The predicted octanol–water partition coefficient (Wildman–Crippen LogP) is -0.521. The molecule has 0 aliphatic carbocycles. The number of nitrogens with one attached hydrogen (secondary N) is 2. The average molecular weight is 206 g/mol. The molecular formula is C8H18N2O2S. The van der Waals surface area contributed by atoms with Crippen molar-refractivity contribution in [2.45, 2.75) is 19.4 Å². The molecule has 78 valence electrons. The lowest BCUT2D eigenvalue weighted by Gasteiger charge is -2.11. The summed E-state index contributed by atoms with van der Waals surface area (Å²) in [7, 11) is 0.955. The minimum atomic E-state index is -0.848. The van der Waals surface area contributed by atoms with Gasteiger partial charge in [-0.25, -0.2) is 0 Å². The van der Waals surface area contributed by atoms with Gasteiger partial charge < -0.3 is 10.6 Å². The molecule has 4 nitrogen and oxygen atoms in total. The molecule has 0 aromatic carbocycles. The number of hydrogen-bond donors (Lipinski definition) is 2. The molecule has 0 saturated heterocycles. The van der Waals surface area contributed by atoms with Crippen LogP contribution < -0.4 is 10.6 Å². The zero-order valence-electron chi connectivity index (χ0n) is 8.42. The van der Waals surface area contributed by atoms with Crippen LogP contribution in [0.4, 0.5) is 0 Å². The lowest BCUT2D eigenvalue weighted by molar-refractivity contribution is -0.121. The lowest BCUT2D eigenvalue weighted by atomic mass is 10.3. The van der Waals surface area contributed by atoms with E-state index < -0.39 is 10.8 Å². The Morgan fingerprint density at radius 2 is 2.15 bits per heavy atom. The normalized spacial score (nSPS) is 15.0. The van der Waals surface area contributed by atoms with Gasteiger partial charge in [-0.15, -0.1) is 0 Å². The Kier molecular flexibility index (Phi) is 6.80. The zero-order chi connectivity index (χ0) is 10.3. The van der Waals surface area contributed by atoms with Crippen molar-refractivity contribution in [3.8, 4) is 0 Å². The van der Waals surface area contributed by atoms with E-state index in [0.29, 0.717) is 18.7 Å². The van der Waals surface area contributed by atoms with Crippen LogP contribution in [0.3, 0.4) is 0 Å². The van der Waals surface area contributed by atoms with Crippen molar-refractivity contribution >= 4 is 16.7 Å². The van der Waals surface area contributed by atoms with Gasteiger partial charge >= 0.3 is 0 Å². The zero-order valence-corrected chi connectivity index (χ0v) is 9.24. The Hall–Kier alpha value is -0.420. The minimum Gasteiger partial charge on any atom is -0.353 e. The average Bonchev–Trinajstić information content (AvgIpc) is 1.98. The molecule has 0 aromatic rings. The van der Waals surface area contributed by atoms with Gasteiger partial charge in [0.1, 0.15) is 0 Å². The number of hydrogen-bond acceptors (Lipinski definition) is 3. The minimum absolute atomic E-state index is 0.00445. The highest BCUT2D eigenvalue weighted by molar-refractivity contribution is 7.84. The van der Waals surface area contributed by atoms with Crippen molar-refractivity contribution in [1.29, 1.82) is 0 Å². The van der Waals surface area contributed by atoms with Gasteiger partial charge in [0.25, 0.3) is 0 Å². The Labute approximate surface area is 81.9 Å². The monoisotopic (exact) mass is 206 g/mol. The van der Waals surface area contributed by atoms with E-state index in [1.54, 1.807) is 13.3 Å². The van der Waals surface area contributed by atoms with Crippen molar-refractivity contribution in [2.75, 3.05) is 25.6 Å². The summed E-state index contributed by atoms with van der Waals surface area (Å²) < 4.78 is 10.8. The van der Waals surface area contributed by atoms with Crippen LogP contribution in [-0.4, -0.2) is 41.8 Å². The third kappa shape index (κ3) is 7.93. The molecule has 0 rings (SSSR count). The van der Waals surface area contributed by atoms with Crippen LogP contribution >= 0.6 is 0 Å². The van der Waals surface area contributed by atoms with Gasteiger partial charge in [0, 0.05) is 41.8 Å². The third-order valence-electron chi connectivity index (χ3n) is 1.49. The van der Waals surface area contributed by atoms with Crippen LogP contribution in [-0.2, 0) is 15.6 Å². The fraction of sp³-hybridized carbons (Fsp3) is 0.875. The Morgan fingerprint density at radius 3 is 2.62 bits per heavy atom. The molecule has 0 aliphatic heterocycles. The van der Waals surface area contributed by atoms with E-state index in [1.807, 2.05) is 6.92 Å². The van der Waals surface area contributed by atoms with Gasteiger partial charge in [0.15, 0.2) is 0 Å². The quantitative estimate of drug-likeness (QED) is 0.615. The standard InChI is InChI=1S/C8H18N2O2S/c1-7(6-13(3)12)10-8(11)4-5-9-2/h7,9H,4-6H2,1-3H3,(H,10,11). The Bertz CT molecular complexity index is 185. The maximum atomic E-state index is 11.1. The predicted molar refractivity (Wildman–Crippen MR) is 55.1 cm³/mol. The maximum Gasteiger partial charge on any atom is 0.221 e. The van der Waals surface area contributed by atoms with E-state index in [2.05, 4.69) is 10.6 Å². The van der Waals surface area contributed by atoms with E-state index in [-0.39, 0.29) is 11.9 Å².